The molecule has 0 aliphatic rings. The summed E-state index contributed by atoms with van der Waals surface area (Å²) in [4.78, 5) is 36.6. The van der Waals surface area contributed by atoms with Crippen molar-refractivity contribution in [2.75, 3.05) is 19.5 Å². The zero-order valence-electron chi connectivity index (χ0n) is 13.3. The molecule has 0 saturated carbocycles. The Balaban J connectivity index is 2.13. The Morgan fingerprint density at radius 2 is 1.67 bits per heavy atom. The van der Waals surface area contributed by atoms with Gasteiger partial charge in [0.2, 0.25) is 5.91 Å². The van der Waals surface area contributed by atoms with Crippen molar-refractivity contribution in [3.8, 4) is 0 Å². The van der Waals surface area contributed by atoms with Crippen LogP contribution in [0.4, 0.5) is 5.69 Å². The summed E-state index contributed by atoms with van der Waals surface area (Å²) < 4.78 is 9.32. The number of hydrogen-bond acceptors (Lipinski definition) is 6. The summed E-state index contributed by atoms with van der Waals surface area (Å²) in [6, 6.07) is 8.17. The van der Waals surface area contributed by atoms with Gasteiger partial charge < -0.3 is 14.8 Å². The number of ether oxygens (including phenoxy) is 2. The van der Waals surface area contributed by atoms with Gasteiger partial charge in [-0.2, -0.15) is 0 Å². The summed E-state index contributed by atoms with van der Waals surface area (Å²) in [5.41, 5.74) is 0.664. The fraction of sp³-hybridized carbons (Fsp3) is 0.235. The van der Waals surface area contributed by atoms with Gasteiger partial charge in [-0.3, -0.25) is 4.79 Å². The molecule has 24 heavy (non-hydrogen) atoms. The van der Waals surface area contributed by atoms with Crippen molar-refractivity contribution in [3.63, 3.8) is 0 Å². The van der Waals surface area contributed by atoms with Gasteiger partial charge in [0.15, 0.2) is 0 Å². The molecule has 7 heteroatoms. The van der Waals surface area contributed by atoms with Crippen LogP contribution in [0.3, 0.4) is 0 Å². The molecule has 1 heterocycles. The van der Waals surface area contributed by atoms with E-state index >= 15 is 0 Å². The minimum absolute atomic E-state index is 0.161. The third-order valence-corrected chi connectivity index (χ3v) is 4.17. The molecule has 2 aromatic rings. The van der Waals surface area contributed by atoms with Gasteiger partial charge in [0.1, 0.15) is 0 Å². The molecule has 1 aromatic heterocycles. The first-order chi connectivity index (χ1) is 11.5. The van der Waals surface area contributed by atoms with Gasteiger partial charge in [0.05, 0.1) is 25.3 Å². The van der Waals surface area contributed by atoms with Crippen LogP contribution in [0.5, 0.6) is 0 Å². The standard InChI is InChI=1S/C17H17NO5S/c1-22-16(20)11-8-12(17(21)23-2)10-13(9-11)18-15(19)6-5-14-4-3-7-24-14/h3-4,7-10H,5-6H2,1-2H3,(H,18,19). The van der Waals surface area contributed by atoms with E-state index in [1.165, 1.54) is 32.4 Å². The maximum absolute atomic E-state index is 12.1. The number of benzene rings is 1. The van der Waals surface area contributed by atoms with Crippen LogP contribution >= 0.6 is 11.3 Å². The maximum atomic E-state index is 12.1. The number of thiophene rings is 1. The quantitative estimate of drug-likeness (QED) is 0.813. The van der Waals surface area contributed by atoms with Crippen LogP contribution in [0, 0.1) is 0 Å². The summed E-state index contributed by atoms with van der Waals surface area (Å²) in [5, 5.41) is 4.65. The molecule has 6 nitrogen and oxygen atoms in total. The summed E-state index contributed by atoms with van der Waals surface area (Å²) in [5.74, 6) is -1.41. The second kappa shape index (κ2) is 8.26. The highest BCUT2D eigenvalue weighted by molar-refractivity contribution is 7.09. The monoisotopic (exact) mass is 347 g/mol. The van der Waals surface area contributed by atoms with Gasteiger partial charge in [-0.05, 0) is 36.1 Å². The van der Waals surface area contributed by atoms with Crippen molar-refractivity contribution in [1.82, 2.24) is 0 Å². The lowest BCUT2D eigenvalue weighted by molar-refractivity contribution is -0.116. The van der Waals surface area contributed by atoms with E-state index in [1.807, 2.05) is 17.5 Å². The van der Waals surface area contributed by atoms with E-state index in [0.29, 0.717) is 18.5 Å². The first-order valence-electron chi connectivity index (χ1n) is 7.17. The third-order valence-electron chi connectivity index (χ3n) is 3.24. The fourth-order valence-electron chi connectivity index (χ4n) is 2.09. The number of carbonyl (C=O) groups excluding carboxylic acids is 3. The number of amides is 1. The summed E-state index contributed by atoms with van der Waals surface area (Å²) in [6.45, 7) is 0. The molecule has 0 unspecified atom stereocenters. The lowest BCUT2D eigenvalue weighted by Gasteiger charge is -2.09. The number of aryl methyl sites for hydroxylation is 1. The second-order valence-electron chi connectivity index (χ2n) is 4.91. The number of esters is 2. The predicted octanol–water partition coefficient (Wildman–Crippen LogP) is 2.89. The van der Waals surface area contributed by atoms with Gasteiger partial charge in [0.25, 0.3) is 0 Å². The first kappa shape index (κ1) is 17.7. The van der Waals surface area contributed by atoms with E-state index in [4.69, 9.17) is 0 Å². The van der Waals surface area contributed by atoms with Crippen molar-refractivity contribution in [1.29, 1.82) is 0 Å². The number of methoxy groups -OCH3 is 2. The van der Waals surface area contributed by atoms with E-state index in [9.17, 15) is 14.4 Å². The topological polar surface area (TPSA) is 81.7 Å². The normalized spacial score (nSPS) is 10.1. The molecular formula is C17H17NO5S. The Bertz CT molecular complexity index is 705. The van der Waals surface area contributed by atoms with E-state index in [1.54, 1.807) is 11.3 Å². The lowest BCUT2D eigenvalue weighted by atomic mass is 10.1. The number of nitrogens with one attached hydrogen (secondary N) is 1. The van der Waals surface area contributed by atoms with Crippen LogP contribution in [-0.2, 0) is 20.7 Å². The molecule has 0 aliphatic heterocycles. The Morgan fingerprint density at radius 3 is 2.17 bits per heavy atom. The number of carbonyl (C=O) groups is 3. The average Bonchev–Trinajstić information content (AvgIpc) is 3.11. The molecule has 0 spiro atoms. The molecule has 0 aliphatic carbocycles. The van der Waals surface area contributed by atoms with Crippen LogP contribution in [0.2, 0.25) is 0 Å². The number of hydrogen-bond donors (Lipinski definition) is 1. The number of rotatable bonds is 6. The lowest BCUT2D eigenvalue weighted by Crippen LogP contribution is -2.14. The maximum Gasteiger partial charge on any atom is 0.337 e. The highest BCUT2D eigenvalue weighted by Crippen LogP contribution is 2.18. The summed E-state index contributed by atoms with van der Waals surface area (Å²) in [7, 11) is 2.48. The highest BCUT2D eigenvalue weighted by atomic mass is 32.1. The largest absolute Gasteiger partial charge is 0.465 e. The van der Waals surface area contributed by atoms with E-state index in [0.717, 1.165) is 4.88 Å². The Hall–Kier alpha value is -2.67. The Kier molecular flexibility index (Phi) is 6.08. The highest BCUT2D eigenvalue weighted by Gasteiger charge is 2.15. The van der Waals surface area contributed by atoms with Crippen LogP contribution in [-0.4, -0.2) is 32.1 Å². The third kappa shape index (κ3) is 4.66. The molecule has 0 fully saturated rings. The number of anilines is 1. The average molecular weight is 347 g/mol. The van der Waals surface area contributed by atoms with Gasteiger partial charge in [-0.1, -0.05) is 6.07 Å². The molecule has 126 valence electrons. The van der Waals surface area contributed by atoms with Crippen molar-refractivity contribution < 1.29 is 23.9 Å². The van der Waals surface area contributed by atoms with Crippen LogP contribution < -0.4 is 5.32 Å². The van der Waals surface area contributed by atoms with Crippen molar-refractivity contribution in [2.45, 2.75) is 12.8 Å². The smallest absolute Gasteiger partial charge is 0.337 e. The van der Waals surface area contributed by atoms with Crippen molar-refractivity contribution >= 4 is 34.9 Å². The first-order valence-corrected chi connectivity index (χ1v) is 8.05. The second-order valence-corrected chi connectivity index (χ2v) is 5.94. The summed E-state index contributed by atoms with van der Waals surface area (Å²) >= 11 is 1.59. The zero-order valence-corrected chi connectivity index (χ0v) is 14.1. The van der Waals surface area contributed by atoms with E-state index < -0.39 is 11.9 Å². The van der Waals surface area contributed by atoms with Gasteiger partial charge in [-0.25, -0.2) is 9.59 Å². The molecule has 2 rings (SSSR count). The van der Waals surface area contributed by atoms with Crippen LogP contribution in [0.15, 0.2) is 35.7 Å². The van der Waals surface area contributed by atoms with E-state index in [2.05, 4.69) is 14.8 Å². The Labute approximate surface area is 143 Å². The predicted molar refractivity (Wildman–Crippen MR) is 90.4 cm³/mol. The molecule has 0 saturated heterocycles. The van der Waals surface area contributed by atoms with Crippen LogP contribution in [0.1, 0.15) is 32.0 Å². The van der Waals surface area contributed by atoms with E-state index in [-0.39, 0.29) is 17.0 Å². The molecule has 0 bridgehead atoms. The molecule has 1 N–H and O–H groups in total. The van der Waals surface area contributed by atoms with Gasteiger partial charge in [-0.15, -0.1) is 11.3 Å². The van der Waals surface area contributed by atoms with Gasteiger partial charge >= 0.3 is 11.9 Å². The SMILES string of the molecule is COC(=O)c1cc(NC(=O)CCc2cccs2)cc(C(=O)OC)c1. The molecule has 0 radical (unpaired) electrons. The van der Waals surface area contributed by atoms with Gasteiger partial charge in [0, 0.05) is 17.0 Å². The van der Waals surface area contributed by atoms with Crippen molar-refractivity contribution in [2.24, 2.45) is 0 Å². The molecular weight excluding hydrogens is 330 g/mol. The summed E-state index contributed by atoms with van der Waals surface area (Å²) in [6.07, 6.45) is 0.931. The molecule has 1 amide bonds. The minimum atomic E-state index is -0.602. The van der Waals surface area contributed by atoms with Crippen LogP contribution in [0.25, 0.3) is 0 Å². The Morgan fingerprint density at radius 1 is 1.04 bits per heavy atom. The molecule has 0 atom stereocenters. The fourth-order valence-corrected chi connectivity index (χ4v) is 2.80. The van der Waals surface area contributed by atoms with Crippen molar-refractivity contribution in [3.05, 3.63) is 51.7 Å². The zero-order chi connectivity index (χ0) is 17.5. The minimum Gasteiger partial charge on any atom is -0.465 e. The molecule has 1 aromatic carbocycles.